The Morgan fingerprint density at radius 3 is 2.40 bits per heavy atom. The van der Waals surface area contributed by atoms with E-state index in [9.17, 15) is 0 Å². The van der Waals surface area contributed by atoms with Gasteiger partial charge < -0.3 is 10.8 Å². The number of aromatic nitrogens is 2. The van der Waals surface area contributed by atoms with E-state index in [0.717, 1.165) is 23.3 Å². The summed E-state index contributed by atoms with van der Waals surface area (Å²) in [5, 5.41) is 13.7. The molecule has 3 N–H and O–H groups in total. The van der Waals surface area contributed by atoms with Gasteiger partial charge in [0.25, 0.3) is 0 Å². The van der Waals surface area contributed by atoms with E-state index in [4.69, 9.17) is 10.8 Å². The van der Waals surface area contributed by atoms with Crippen molar-refractivity contribution in [3.05, 3.63) is 18.0 Å². The van der Waals surface area contributed by atoms with Crippen LogP contribution in [0.3, 0.4) is 0 Å². The van der Waals surface area contributed by atoms with Crippen LogP contribution in [0.4, 0.5) is 0 Å². The smallest absolute Gasteiger partial charge is 0.0635 e. The van der Waals surface area contributed by atoms with Gasteiger partial charge in [0, 0.05) is 24.4 Å². The van der Waals surface area contributed by atoms with Crippen LogP contribution in [0.15, 0.2) is 12.4 Å². The lowest BCUT2D eigenvalue weighted by Crippen LogP contribution is -2.52. The minimum Gasteiger partial charge on any atom is -0.396 e. The van der Waals surface area contributed by atoms with Gasteiger partial charge in [-0.15, -0.1) is 0 Å². The molecule has 4 saturated carbocycles. The van der Waals surface area contributed by atoms with E-state index < -0.39 is 0 Å². The van der Waals surface area contributed by atoms with Gasteiger partial charge in [0.2, 0.25) is 0 Å². The number of aliphatic hydroxyl groups excluding tert-OH is 1. The molecular formula is C16H25N3O. The Morgan fingerprint density at radius 2 is 1.85 bits per heavy atom. The molecule has 4 bridgehead atoms. The molecule has 4 fully saturated rings. The standard InChI is InChI=1S/C16H25N3O/c17-15(1-2-20)14-9-18-19(10-14)16-6-11-3-12(7-16)5-13(4-11)8-16/h9-13,15,20H,1-8,17H2. The van der Waals surface area contributed by atoms with Gasteiger partial charge in [0.05, 0.1) is 11.7 Å². The van der Waals surface area contributed by atoms with Crippen LogP contribution >= 0.6 is 0 Å². The summed E-state index contributed by atoms with van der Waals surface area (Å²) in [7, 11) is 0. The van der Waals surface area contributed by atoms with E-state index in [1.807, 2.05) is 6.20 Å². The molecule has 0 amide bonds. The minimum atomic E-state index is -0.0809. The average Bonchev–Trinajstić information content (AvgIpc) is 2.87. The summed E-state index contributed by atoms with van der Waals surface area (Å²) in [4.78, 5) is 0. The molecule has 0 spiro atoms. The first kappa shape index (κ1) is 12.8. The molecule has 110 valence electrons. The number of hydrogen-bond donors (Lipinski definition) is 2. The van der Waals surface area contributed by atoms with Crippen LogP contribution in [0.1, 0.15) is 56.6 Å². The molecule has 0 aromatic carbocycles. The van der Waals surface area contributed by atoms with Gasteiger partial charge in [-0.1, -0.05) is 0 Å². The molecule has 4 aliphatic rings. The molecule has 4 heteroatoms. The van der Waals surface area contributed by atoms with Crippen LogP contribution in [-0.4, -0.2) is 21.5 Å². The zero-order chi connectivity index (χ0) is 13.7. The highest BCUT2D eigenvalue weighted by Crippen LogP contribution is 2.58. The van der Waals surface area contributed by atoms with Crippen molar-refractivity contribution < 1.29 is 5.11 Å². The lowest BCUT2D eigenvalue weighted by atomic mass is 9.53. The third kappa shape index (κ3) is 1.92. The van der Waals surface area contributed by atoms with Crippen LogP contribution < -0.4 is 5.73 Å². The van der Waals surface area contributed by atoms with Gasteiger partial charge in [-0.25, -0.2) is 0 Å². The second-order valence-electron chi connectivity index (χ2n) is 7.48. The number of hydrogen-bond acceptors (Lipinski definition) is 3. The van der Waals surface area contributed by atoms with Gasteiger partial charge in [0.15, 0.2) is 0 Å². The number of nitrogens with two attached hydrogens (primary N) is 1. The van der Waals surface area contributed by atoms with E-state index in [1.54, 1.807) is 0 Å². The second kappa shape index (κ2) is 4.57. The molecule has 4 aliphatic carbocycles. The first-order valence-electron chi connectivity index (χ1n) is 8.10. The molecule has 4 nitrogen and oxygen atoms in total. The van der Waals surface area contributed by atoms with Crippen LogP contribution in [0.25, 0.3) is 0 Å². The van der Waals surface area contributed by atoms with Gasteiger partial charge in [-0.2, -0.15) is 5.10 Å². The first-order chi connectivity index (χ1) is 9.68. The fourth-order valence-corrected chi connectivity index (χ4v) is 5.44. The van der Waals surface area contributed by atoms with Crippen molar-refractivity contribution >= 4 is 0 Å². The number of aliphatic hydroxyl groups is 1. The van der Waals surface area contributed by atoms with E-state index in [1.165, 1.54) is 38.5 Å². The molecule has 1 heterocycles. The van der Waals surface area contributed by atoms with E-state index >= 15 is 0 Å². The Labute approximate surface area is 120 Å². The molecule has 1 aromatic rings. The third-order valence-electron chi connectivity index (χ3n) is 5.96. The molecule has 0 radical (unpaired) electrons. The predicted molar refractivity (Wildman–Crippen MR) is 77.0 cm³/mol. The summed E-state index contributed by atoms with van der Waals surface area (Å²) in [6.45, 7) is 0.143. The fraction of sp³-hybridized carbons (Fsp3) is 0.812. The Hall–Kier alpha value is -0.870. The zero-order valence-electron chi connectivity index (χ0n) is 12.0. The highest BCUT2D eigenvalue weighted by Gasteiger charge is 2.52. The summed E-state index contributed by atoms with van der Waals surface area (Å²) in [5.41, 5.74) is 7.46. The summed E-state index contributed by atoms with van der Waals surface area (Å²) < 4.78 is 2.24. The first-order valence-corrected chi connectivity index (χ1v) is 8.10. The summed E-state index contributed by atoms with van der Waals surface area (Å²) in [6, 6.07) is -0.0809. The molecular weight excluding hydrogens is 250 g/mol. The molecule has 20 heavy (non-hydrogen) atoms. The Balaban J connectivity index is 1.61. The van der Waals surface area contributed by atoms with Crippen molar-refractivity contribution in [1.29, 1.82) is 0 Å². The van der Waals surface area contributed by atoms with Crippen LogP contribution in [0.2, 0.25) is 0 Å². The summed E-state index contributed by atoms with van der Waals surface area (Å²) in [5.74, 6) is 2.79. The quantitative estimate of drug-likeness (QED) is 0.885. The van der Waals surface area contributed by atoms with Crippen molar-refractivity contribution in [2.75, 3.05) is 6.61 Å². The molecule has 1 atom stereocenters. The predicted octanol–water partition coefficient (Wildman–Crippen LogP) is 2.19. The highest BCUT2D eigenvalue weighted by molar-refractivity contribution is 5.13. The van der Waals surface area contributed by atoms with Crippen molar-refractivity contribution in [2.45, 2.75) is 56.5 Å². The monoisotopic (exact) mass is 275 g/mol. The van der Waals surface area contributed by atoms with Crippen molar-refractivity contribution in [2.24, 2.45) is 23.5 Å². The summed E-state index contributed by atoms with van der Waals surface area (Å²) in [6.07, 6.45) is 13.0. The lowest BCUT2D eigenvalue weighted by molar-refractivity contribution is -0.0494. The maximum atomic E-state index is 9.03. The Morgan fingerprint density at radius 1 is 1.25 bits per heavy atom. The molecule has 1 aromatic heterocycles. The van der Waals surface area contributed by atoms with Gasteiger partial charge in [0.1, 0.15) is 0 Å². The maximum absolute atomic E-state index is 9.03. The molecule has 0 aliphatic heterocycles. The van der Waals surface area contributed by atoms with E-state index in [-0.39, 0.29) is 18.2 Å². The lowest BCUT2D eigenvalue weighted by Gasteiger charge is -2.56. The van der Waals surface area contributed by atoms with Gasteiger partial charge in [-0.05, 0) is 62.7 Å². The Kier molecular flexibility index (Phi) is 2.93. The normalized spacial score (nSPS) is 40.2. The average molecular weight is 275 g/mol. The van der Waals surface area contributed by atoms with Crippen LogP contribution in [-0.2, 0) is 5.54 Å². The van der Waals surface area contributed by atoms with E-state index in [2.05, 4.69) is 16.0 Å². The van der Waals surface area contributed by atoms with Crippen molar-refractivity contribution in [3.8, 4) is 0 Å². The van der Waals surface area contributed by atoms with E-state index in [0.29, 0.717) is 6.42 Å². The van der Waals surface area contributed by atoms with Crippen molar-refractivity contribution in [1.82, 2.24) is 9.78 Å². The Bertz CT molecular complexity index is 460. The van der Waals surface area contributed by atoms with Crippen LogP contribution in [0, 0.1) is 17.8 Å². The highest BCUT2D eigenvalue weighted by atomic mass is 16.3. The number of rotatable bonds is 4. The third-order valence-corrected chi connectivity index (χ3v) is 5.96. The minimum absolute atomic E-state index is 0.0809. The maximum Gasteiger partial charge on any atom is 0.0635 e. The van der Waals surface area contributed by atoms with Gasteiger partial charge in [-0.3, -0.25) is 4.68 Å². The number of nitrogens with zero attached hydrogens (tertiary/aromatic N) is 2. The fourth-order valence-electron chi connectivity index (χ4n) is 5.44. The second-order valence-corrected chi connectivity index (χ2v) is 7.48. The largest absolute Gasteiger partial charge is 0.396 e. The summed E-state index contributed by atoms with van der Waals surface area (Å²) >= 11 is 0. The zero-order valence-corrected chi connectivity index (χ0v) is 12.0. The molecule has 0 saturated heterocycles. The molecule has 5 rings (SSSR count). The molecule has 1 unspecified atom stereocenters. The SMILES string of the molecule is NC(CCO)c1cnn(C23CC4CC(CC(C4)C2)C3)c1. The van der Waals surface area contributed by atoms with Crippen molar-refractivity contribution in [3.63, 3.8) is 0 Å². The topological polar surface area (TPSA) is 64.1 Å². The van der Waals surface area contributed by atoms with Gasteiger partial charge >= 0.3 is 0 Å². The van der Waals surface area contributed by atoms with Crippen LogP contribution in [0.5, 0.6) is 0 Å².